The van der Waals surface area contributed by atoms with Crippen LogP contribution in [0.4, 0.5) is 13.2 Å². The largest absolute Gasteiger partial charge is 0.573 e. The molecular weight excluding hydrogens is 372 g/mol. The van der Waals surface area contributed by atoms with Gasteiger partial charge >= 0.3 is 13.5 Å². The summed E-state index contributed by atoms with van der Waals surface area (Å²) in [7, 11) is -0.768. The van der Waals surface area contributed by atoms with Crippen molar-refractivity contribution >= 4 is 12.6 Å². The van der Waals surface area contributed by atoms with E-state index in [0.717, 1.165) is 5.56 Å². The molecule has 3 rings (SSSR count). The molecule has 2 aromatic rings. The van der Waals surface area contributed by atoms with Crippen molar-refractivity contribution in [2.45, 2.75) is 51.9 Å². The Kier molecular flexibility index (Phi) is 5.38. The Balaban J connectivity index is 1.90. The van der Waals surface area contributed by atoms with E-state index < -0.39 is 24.7 Å². The van der Waals surface area contributed by atoms with Crippen LogP contribution in [0.25, 0.3) is 0 Å². The number of rotatable bonds is 5. The summed E-state index contributed by atoms with van der Waals surface area (Å²) in [5.74, 6) is -0.153. The van der Waals surface area contributed by atoms with E-state index in [1.165, 1.54) is 18.2 Å². The second-order valence-electron chi connectivity index (χ2n) is 7.61. The van der Waals surface area contributed by atoms with Gasteiger partial charge in [-0.15, -0.1) is 13.2 Å². The number of benzene rings is 2. The normalized spacial score (nSPS) is 18.2. The molecule has 0 bridgehead atoms. The molecule has 8 heteroatoms. The van der Waals surface area contributed by atoms with Crippen LogP contribution in [0, 0.1) is 0 Å². The fraction of sp³-hybridized carbons (Fsp3) is 0.400. The Hall–Kier alpha value is -2.19. The van der Waals surface area contributed by atoms with E-state index in [2.05, 4.69) is 4.74 Å². The molecule has 0 saturated carbocycles. The topological polar surface area (TPSA) is 36.9 Å². The maximum Gasteiger partial charge on any atom is 0.573 e. The molecule has 2 aromatic carbocycles. The lowest BCUT2D eigenvalue weighted by Gasteiger charge is -2.32. The molecule has 0 spiro atoms. The summed E-state index contributed by atoms with van der Waals surface area (Å²) in [4.78, 5) is 0. The second-order valence-corrected chi connectivity index (χ2v) is 7.61. The third kappa shape index (κ3) is 4.62. The molecular formula is C20H22BF3O4. The van der Waals surface area contributed by atoms with Crippen molar-refractivity contribution in [3.8, 4) is 11.5 Å². The van der Waals surface area contributed by atoms with E-state index >= 15 is 0 Å². The van der Waals surface area contributed by atoms with E-state index in [1.807, 2.05) is 58.0 Å². The molecule has 0 aromatic heterocycles. The summed E-state index contributed by atoms with van der Waals surface area (Å²) in [6.07, 6.45) is -4.79. The van der Waals surface area contributed by atoms with Gasteiger partial charge in [0.2, 0.25) is 0 Å². The molecule has 150 valence electrons. The molecule has 1 aliphatic heterocycles. The van der Waals surface area contributed by atoms with Crippen LogP contribution in [0.1, 0.15) is 33.3 Å². The minimum Gasteiger partial charge on any atom is -0.489 e. The quantitative estimate of drug-likeness (QED) is 0.702. The first-order valence-corrected chi connectivity index (χ1v) is 8.89. The SMILES string of the molecule is CC1(C)OB(c2ccc(OC(F)(F)F)cc2OCc2ccccc2)OC1(C)C. The zero-order valence-corrected chi connectivity index (χ0v) is 16.2. The van der Waals surface area contributed by atoms with E-state index in [0.29, 0.717) is 5.46 Å². The van der Waals surface area contributed by atoms with Gasteiger partial charge in [0.05, 0.1) is 11.2 Å². The lowest BCUT2D eigenvalue weighted by molar-refractivity contribution is -0.274. The summed E-state index contributed by atoms with van der Waals surface area (Å²) >= 11 is 0. The maximum absolute atomic E-state index is 12.6. The molecule has 1 fully saturated rings. The summed E-state index contributed by atoms with van der Waals surface area (Å²) in [6.45, 7) is 7.79. The Morgan fingerprint density at radius 3 is 2.11 bits per heavy atom. The van der Waals surface area contributed by atoms with Crippen LogP contribution in [-0.4, -0.2) is 24.7 Å². The summed E-state index contributed by atoms with van der Waals surface area (Å²) in [6, 6.07) is 13.2. The molecule has 1 aliphatic rings. The second kappa shape index (κ2) is 7.33. The zero-order chi connectivity index (χ0) is 20.6. The first kappa shape index (κ1) is 20.5. The third-order valence-corrected chi connectivity index (χ3v) is 4.96. The Morgan fingerprint density at radius 1 is 0.929 bits per heavy atom. The molecule has 0 aliphatic carbocycles. The predicted octanol–water partition coefficient (Wildman–Crippen LogP) is 4.46. The maximum atomic E-state index is 12.6. The summed E-state index contributed by atoms with van der Waals surface area (Å²) < 4.78 is 59.7. The van der Waals surface area contributed by atoms with Crippen LogP contribution < -0.4 is 14.9 Å². The van der Waals surface area contributed by atoms with E-state index in [4.69, 9.17) is 14.0 Å². The summed E-state index contributed by atoms with van der Waals surface area (Å²) in [5, 5.41) is 0. The highest BCUT2D eigenvalue weighted by molar-refractivity contribution is 6.63. The first-order valence-electron chi connectivity index (χ1n) is 8.89. The molecule has 1 heterocycles. The molecule has 1 saturated heterocycles. The molecule has 0 unspecified atom stereocenters. The Morgan fingerprint density at radius 2 is 1.54 bits per heavy atom. The van der Waals surface area contributed by atoms with Crippen LogP contribution in [-0.2, 0) is 15.9 Å². The van der Waals surface area contributed by atoms with Gasteiger partial charge in [-0.2, -0.15) is 0 Å². The number of alkyl halides is 3. The van der Waals surface area contributed by atoms with E-state index in [-0.39, 0.29) is 18.1 Å². The van der Waals surface area contributed by atoms with Gasteiger partial charge in [0.25, 0.3) is 0 Å². The van der Waals surface area contributed by atoms with Gasteiger partial charge < -0.3 is 18.8 Å². The predicted molar refractivity (Wildman–Crippen MR) is 99.6 cm³/mol. The molecule has 0 amide bonds. The number of hydrogen-bond acceptors (Lipinski definition) is 4. The van der Waals surface area contributed by atoms with Gasteiger partial charge in [-0.3, -0.25) is 0 Å². The highest BCUT2D eigenvalue weighted by Crippen LogP contribution is 2.37. The van der Waals surface area contributed by atoms with Crippen molar-refractivity contribution in [2.24, 2.45) is 0 Å². The summed E-state index contributed by atoms with van der Waals surface area (Å²) in [5.41, 5.74) is 0.207. The minimum absolute atomic E-state index is 0.183. The molecule has 0 atom stereocenters. The number of ether oxygens (including phenoxy) is 2. The molecule has 0 radical (unpaired) electrons. The Bertz CT molecular complexity index is 806. The number of hydrogen-bond donors (Lipinski definition) is 0. The third-order valence-electron chi connectivity index (χ3n) is 4.96. The van der Waals surface area contributed by atoms with Gasteiger partial charge in [0, 0.05) is 11.5 Å². The fourth-order valence-corrected chi connectivity index (χ4v) is 2.74. The lowest BCUT2D eigenvalue weighted by Crippen LogP contribution is -2.41. The first-order chi connectivity index (χ1) is 13.0. The lowest BCUT2D eigenvalue weighted by atomic mass is 9.78. The fourth-order valence-electron chi connectivity index (χ4n) is 2.74. The molecule has 4 nitrogen and oxygen atoms in total. The average molecular weight is 394 g/mol. The molecule has 28 heavy (non-hydrogen) atoms. The molecule has 0 N–H and O–H groups in total. The van der Waals surface area contributed by atoms with Gasteiger partial charge in [-0.05, 0) is 39.3 Å². The van der Waals surface area contributed by atoms with Gasteiger partial charge in [0.15, 0.2) is 0 Å². The average Bonchev–Trinajstić information content (AvgIpc) is 2.80. The van der Waals surface area contributed by atoms with Crippen molar-refractivity contribution in [1.82, 2.24) is 0 Å². The van der Waals surface area contributed by atoms with Crippen LogP contribution in [0.3, 0.4) is 0 Å². The van der Waals surface area contributed by atoms with E-state index in [1.54, 1.807) is 0 Å². The highest BCUT2D eigenvalue weighted by Gasteiger charge is 2.52. The Labute approximate surface area is 162 Å². The number of halogens is 3. The van der Waals surface area contributed by atoms with Crippen LogP contribution in [0.15, 0.2) is 48.5 Å². The van der Waals surface area contributed by atoms with Crippen molar-refractivity contribution in [1.29, 1.82) is 0 Å². The zero-order valence-electron chi connectivity index (χ0n) is 16.2. The van der Waals surface area contributed by atoms with Crippen LogP contribution >= 0.6 is 0 Å². The van der Waals surface area contributed by atoms with Gasteiger partial charge in [0.1, 0.15) is 18.1 Å². The van der Waals surface area contributed by atoms with Crippen molar-refractivity contribution < 1.29 is 32.0 Å². The van der Waals surface area contributed by atoms with E-state index in [9.17, 15) is 13.2 Å². The van der Waals surface area contributed by atoms with Gasteiger partial charge in [-0.25, -0.2) is 0 Å². The van der Waals surface area contributed by atoms with Crippen LogP contribution in [0.2, 0.25) is 0 Å². The van der Waals surface area contributed by atoms with Gasteiger partial charge in [-0.1, -0.05) is 36.4 Å². The smallest absolute Gasteiger partial charge is 0.489 e. The minimum atomic E-state index is -4.79. The van der Waals surface area contributed by atoms with Crippen molar-refractivity contribution in [3.63, 3.8) is 0 Å². The standard InChI is InChI=1S/C20H22BF3O4/c1-18(2)19(3,4)28-21(27-18)16-11-10-15(26-20(22,23)24)12-17(16)25-13-14-8-6-5-7-9-14/h5-12H,13H2,1-4H3. The van der Waals surface area contributed by atoms with Crippen LogP contribution in [0.5, 0.6) is 11.5 Å². The highest BCUT2D eigenvalue weighted by atomic mass is 19.4. The monoisotopic (exact) mass is 394 g/mol. The van der Waals surface area contributed by atoms with Crippen molar-refractivity contribution in [2.75, 3.05) is 0 Å². The van der Waals surface area contributed by atoms with Crippen molar-refractivity contribution in [3.05, 3.63) is 54.1 Å².